The smallest absolute Gasteiger partial charge is 0.319 e. The summed E-state index contributed by atoms with van der Waals surface area (Å²) in [4.78, 5) is 25.9. The number of nitrogens with zero attached hydrogens (tertiary/aromatic N) is 1. The summed E-state index contributed by atoms with van der Waals surface area (Å²) in [6.07, 6.45) is 0. The van der Waals surface area contributed by atoms with Gasteiger partial charge in [-0.3, -0.25) is 4.79 Å². The molecule has 0 saturated heterocycles. The van der Waals surface area contributed by atoms with Crippen molar-refractivity contribution in [1.82, 2.24) is 15.5 Å². The average Bonchev–Trinajstić information content (AvgIpc) is 2.75. The van der Waals surface area contributed by atoms with Gasteiger partial charge in [0.15, 0.2) is 0 Å². The van der Waals surface area contributed by atoms with Crippen molar-refractivity contribution in [2.45, 2.75) is 13.0 Å². The molecule has 0 aromatic heterocycles. The highest BCUT2D eigenvalue weighted by Gasteiger charge is 2.40. The molecule has 1 aromatic rings. The zero-order chi connectivity index (χ0) is 14.3. The SMILES string of the molecule is CCN1CC2=C(C1=O)C(c1ccccc1Cl)NC(=O)N2. The van der Waals surface area contributed by atoms with Gasteiger partial charge >= 0.3 is 6.03 Å². The lowest BCUT2D eigenvalue weighted by atomic mass is 9.96. The molecular weight excluding hydrogens is 278 g/mol. The number of amides is 3. The first-order valence-electron chi connectivity index (χ1n) is 6.46. The molecule has 0 saturated carbocycles. The number of nitrogens with one attached hydrogen (secondary N) is 2. The highest BCUT2D eigenvalue weighted by Crippen LogP contribution is 2.35. The molecular formula is C14H14ClN3O2. The first-order chi connectivity index (χ1) is 9.61. The number of urea groups is 1. The number of carbonyl (C=O) groups excluding carboxylic acids is 2. The van der Waals surface area contributed by atoms with Crippen LogP contribution in [0.3, 0.4) is 0 Å². The minimum absolute atomic E-state index is 0.0556. The number of likely N-dealkylation sites (N-methyl/N-ethyl adjacent to an activating group) is 1. The Hall–Kier alpha value is -2.01. The lowest BCUT2D eigenvalue weighted by Crippen LogP contribution is -2.44. The van der Waals surface area contributed by atoms with E-state index in [4.69, 9.17) is 11.6 Å². The Morgan fingerprint density at radius 3 is 2.80 bits per heavy atom. The number of benzene rings is 1. The summed E-state index contributed by atoms with van der Waals surface area (Å²) < 4.78 is 0. The predicted octanol–water partition coefficient (Wildman–Crippen LogP) is 1.81. The Kier molecular flexibility index (Phi) is 3.14. The summed E-state index contributed by atoms with van der Waals surface area (Å²) in [7, 11) is 0. The Morgan fingerprint density at radius 1 is 1.35 bits per heavy atom. The monoisotopic (exact) mass is 291 g/mol. The van der Waals surface area contributed by atoms with Crippen molar-refractivity contribution in [3.8, 4) is 0 Å². The van der Waals surface area contributed by atoms with Crippen LogP contribution < -0.4 is 10.6 Å². The van der Waals surface area contributed by atoms with Crippen LogP contribution in [-0.4, -0.2) is 29.9 Å². The predicted molar refractivity (Wildman–Crippen MR) is 75.1 cm³/mol. The van der Waals surface area contributed by atoms with Crippen LogP contribution in [0.4, 0.5) is 4.79 Å². The standard InChI is InChI=1S/C14H14ClN3O2/c1-2-18-7-10-11(13(18)19)12(17-14(20)16-10)8-5-3-4-6-9(8)15/h3-6,12H,2,7H2,1H3,(H2,16,17,20). The van der Waals surface area contributed by atoms with Crippen LogP contribution in [0.2, 0.25) is 5.02 Å². The van der Waals surface area contributed by atoms with Crippen molar-refractivity contribution < 1.29 is 9.59 Å². The minimum atomic E-state index is -0.489. The van der Waals surface area contributed by atoms with Gasteiger partial charge in [-0.15, -0.1) is 0 Å². The second-order valence-corrected chi connectivity index (χ2v) is 5.17. The topological polar surface area (TPSA) is 61.4 Å². The van der Waals surface area contributed by atoms with Crippen molar-refractivity contribution in [3.63, 3.8) is 0 Å². The molecule has 3 amide bonds. The summed E-state index contributed by atoms with van der Waals surface area (Å²) in [5.41, 5.74) is 1.99. The zero-order valence-corrected chi connectivity index (χ0v) is 11.7. The van der Waals surface area contributed by atoms with Crippen molar-refractivity contribution >= 4 is 23.5 Å². The molecule has 2 N–H and O–H groups in total. The second kappa shape index (κ2) is 4.83. The van der Waals surface area contributed by atoms with Gasteiger partial charge in [-0.2, -0.15) is 0 Å². The van der Waals surface area contributed by atoms with Crippen LogP contribution in [0, 0.1) is 0 Å². The molecule has 0 aliphatic carbocycles. The minimum Gasteiger partial charge on any atom is -0.333 e. The van der Waals surface area contributed by atoms with Gasteiger partial charge in [0.2, 0.25) is 0 Å². The molecule has 1 atom stereocenters. The third kappa shape index (κ3) is 1.94. The Balaban J connectivity index is 2.07. The highest BCUT2D eigenvalue weighted by atomic mass is 35.5. The van der Waals surface area contributed by atoms with Gasteiger partial charge in [0.25, 0.3) is 5.91 Å². The molecule has 20 heavy (non-hydrogen) atoms. The summed E-state index contributed by atoms with van der Waals surface area (Å²) >= 11 is 6.19. The van der Waals surface area contributed by atoms with Crippen molar-refractivity contribution in [2.24, 2.45) is 0 Å². The lowest BCUT2D eigenvalue weighted by Gasteiger charge is -2.26. The second-order valence-electron chi connectivity index (χ2n) is 4.76. The molecule has 6 heteroatoms. The fraction of sp³-hybridized carbons (Fsp3) is 0.286. The van der Waals surface area contributed by atoms with Gasteiger partial charge < -0.3 is 15.5 Å². The number of rotatable bonds is 2. The van der Waals surface area contributed by atoms with Crippen molar-refractivity contribution in [1.29, 1.82) is 0 Å². The van der Waals surface area contributed by atoms with E-state index in [1.807, 2.05) is 25.1 Å². The van der Waals surface area contributed by atoms with Gasteiger partial charge in [-0.05, 0) is 18.6 Å². The summed E-state index contributed by atoms with van der Waals surface area (Å²) in [5.74, 6) is -0.0556. The number of halogens is 1. The van der Waals surface area contributed by atoms with Gasteiger partial charge in [0.05, 0.1) is 23.9 Å². The first-order valence-corrected chi connectivity index (χ1v) is 6.84. The molecule has 1 unspecified atom stereocenters. The summed E-state index contributed by atoms with van der Waals surface area (Å²) in [6, 6.07) is 6.44. The van der Waals surface area contributed by atoms with E-state index in [1.165, 1.54) is 0 Å². The number of carbonyl (C=O) groups is 2. The van der Waals surface area contributed by atoms with E-state index in [0.29, 0.717) is 29.4 Å². The van der Waals surface area contributed by atoms with Crippen LogP contribution in [0.25, 0.3) is 0 Å². The Morgan fingerprint density at radius 2 is 2.10 bits per heavy atom. The maximum absolute atomic E-state index is 12.4. The lowest BCUT2D eigenvalue weighted by molar-refractivity contribution is -0.125. The molecule has 1 aromatic carbocycles. The molecule has 104 valence electrons. The fourth-order valence-electron chi connectivity index (χ4n) is 2.63. The van der Waals surface area contributed by atoms with E-state index in [1.54, 1.807) is 11.0 Å². The molecule has 0 bridgehead atoms. The summed E-state index contributed by atoms with van der Waals surface area (Å²) in [6.45, 7) is 2.96. The zero-order valence-electron chi connectivity index (χ0n) is 10.9. The van der Waals surface area contributed by atoms with Crippen molar-refractivity contribution in [2.75, 3.05) is 13.1 Å². The van der Waals surface area contributed by atoms with Crippen LogP contribution in [0.15, 0.2) is 35.5 Å². The van der Waals surface area contributed by atoms with E-state index in [-0.39, 0.29) is 11.9 Å². The molecule has 3 rings (SSSR count). The van der Waals surface area contributed by atoms with Gasteiger partial charge in [-0.1, -0.05) is 29.8 Å². The third-order valence-electron chi connectivity index (χ3n) is 3.62. The van der Waals surface area contributed by atoms with Crippen LogP contribution in [0.5, 0.6) is 0 Å². The maximum atomic E-state index is 12.4. The normalized spacial score (nSPS) is 21.7. The molecule has 0 fully saturated rings. The number of hydrogen-bond acceptors (Lipinski definition) is 2. The molecule has 5 nitrogen and oxygen atoms in total. The Bertz CT molecular complexity index is 627. The molecule has 2 aliphatic rings. The Labute approximate surface area is 121 Å². The van der Waals surface area contributed by atoms with Crippen LogP contribution in [0.1, 0.15) is 18.5 Å². The maximum Gasteiger partial charge on any atom is 0.319 e. The van der Waals surface area contributed by atoms with E-state index in [0.717, 1.165) is 5.56 Å². The fourth-order valence-corrected chi connectivity index (χ4v) is 2.87. The van der Waals surface area contributed by atoms with Gasteiger partial charge in [0.1, 0.15) is 0 Å². The molecule has 0 spiro atoms. The van der Waals surface area contributed by atoms with Crippen molar-refractivity contribution in [3.05, 3.63) is 46.1 Å². The van der Waals surface area contributed by atoms with E-state index >= 15 is 0 Å². The van der Waals surface area contributed by atoms with Gasteiger partial charge in [-0.25, -0.2) is 4.79 Å². The quantitative estimate of drug-likeness (QED) is 0.873. The van der Waals surface area contributed by atoms with E-state index in [2.05, 4.69) is 10.6 Å². The third-order valence-corrected chi connectivity index (χ3v) is 3.96. The molecule has 2 heterocycles. The molecule has 0 radical (unpaired) electrons. The first kappa shape index (κ1) is 13.0. The molecule has 2 aliphatic heterocycles. The van der Waals surface area contributed by atoms with Crippen LogP contribution >= 0.6 is 11.6 Å². The largest absolute Gasteiger partial charge is 0.333 e. The van der Waals surface area contributed by atoms with E-state index in [9.17, 15) is 9.59 Å². The highest BCUT2D eigenvalue weighted by molar-refractivity contribution is 6.31. The average molecular weight is 292 g/mol. The number of hydrogen-bond donors (Lipinski definition) is 2. The van der Waals surface area contributed by atoms with Gasteiger partial charge in [0, 0.05) is 11.6 Å². The summed E-state index contributed by atoms with van der Waals surface area (Å²) in [5, 5.41) is 6.03. The van der Waals surface area contributed by atoms with Crippen LogP contribution in [-0.2, 0) is 4.79 Å². The van der Waals surface area contributed by atoms with E-state index < -0.39 is 6.04 Å².